The molecule has 0 aromatic heterocycles. The van der Waals surface area contributed by atoms with Crippen LogP contribution in [0.1, 0.15) is 23.2 Å². The van der Waals surface area contributed by atoms with Crippen molar-refractivity contribution in [3.8, 4) is 0 Å². The molecule has 0 atom stereocenters. The van der Waals surface area contributed by atoms with Crippen molar-refractivity contribution in [2.45, 2.75) is 18.9 Å². The number of likely N-dealkylation sites (tertiary alicyclic amines) is 1. The monoisotopic (exact) mass is 301 g/mol. The number of hydrogen-bond acceptors (Lipinski definition) is 2. The molecule has 1 amide bonds. The zero-order valence-electron chi connectivity index (χ0n) is 9.20. The average molecular weight is 302 g/mol. The number of halogens is 2. The first-order valence-corrected chi connectivity index (χ1v) is 6.29. The molecule has 3 nitrogen and oxygen atoms in total. The molecule has 1 aliphatic heterocycles. The van der Waals surface area contributed by atoms with Crippen LogP contribution in [0.25, 0.3) is 0 Å². The van der Waals surface area contributed by atoms with Gasteiger partial charge in [-0.1, -0.05) is 0 Å². The van der Waals surface area contributed by atoms with Crippen LogP contribution in [-0.2, 0) is 0 Å². The van der Waals surface area contributed by atoms with Gasteiger partial charge in [-0.3, -0.25) is 4.79 Å². The minimum Gasteiger partial charge on any atom is -0.393 e. The van der Waals surface area contributed by atoms with E-state index >= 15 is 0 Å². The van der Waals surface area contributed by atoms with E-state index in [9.17, 15) is 14.3 Å². The number of rotatable bonds is 1. The highest BCUT2D eigenvalue weighted by atomic mass is 79.9. The van der Waals surface area contributed by atoms with E-state index in [0.29, 0.717) is 36.0 Å². The van der Waals surface area contributed by atoms with Gasteiger partial charge in [0.15, 0.2) is 0 Å². The standard InChI is InChI=1S/C12H13BrFNO2/c13-11-2-1-8(14)7-10(11)12(17)15-5-3-9(16)4-6-15/h1-2,7,9,16H,3-6H2. The molecule has 1 fully saturated rings. The number of carbonyl (C=O) groups is 1. The molecule has 1 aromatic carbocycles. The lowest BCUT2D eigenvalue weighted by molar-refractivity contribution is 0.0545. The third kappa shape index (κ3) is 2.84. The summed E-state index contributed by atoms with van der Waals surface area (Å²) in [6.45, 7) is 1.03. The Morgan fingerprint density at radius 2 is 2.06 bits per heavy atom. The zero-order valence-corrected chi connectivity index (χ0v) is 10.8. The summed E-state index contributed by atoms with van der Waals surface area (Å²) in [4.78, 5) is 13.8. The van der Waals surface area contributed by atoms with Gasteiger partial charge in [0.05, 0.1) is 11.7 Å². The van der Waals surface area contributed by atoms with Crippen LogP contribution in [0, 0.1) is 5.82 Å². The van der Waals surface area contributed by atoms with E-state index in [1.807, 2.05) is 0 Å². The van der Waals surface area contributed by atoms with Gasteiger partial charge < -0.3 is 10.0 Å². The molecule has 5 heteroatoms. The summed E-state index contributed by atoms with van der Waals surface area (Å²) >= 11 is 3.25. The number of aliphatic hydroxyl groups is 1. The normalized spacial score (nSPS) is 17.2. The average Bonchev–Trinajstić information content (AvgIpc) is 2.32. The maximum absolute atomic E-state index is 13.1. The highest BCUT2D eigenvalue weighted by Gasteiger charge is 2.23. The molecule has 0 bridgehead atoms. The van der Waals surface area contributed by atoms with E-state index in [0.717, 1.165) is 0 Å². The van der Waals surface area contributed by atoms with Gasteiger partial charge >= 0.3 is 0 Å². The van der Waals surface area contributed by atoms with Gasteiger partial charge in [-0.15, -0.1) is 0 Å². The molecule has 1 heterocycles. The molecule has 17 heavy (non-hydrogen) atoms. The van der Waals surface area contributed by atoms with Crippen molar-refractivity contribution >= 4 is 21.8 Å². The van der Waals surface area contributed by atoms with Crippen molar-refractivity contribution in [3.05, 3.63) is 34.1 Å². The second-order valence-corrected chi connectivity index (χ2v) is 5.00. The molecule has 0 unspecified atom stereocenters. The second-order valence-electron chi connectivity index (χ2n) is 4.15. The van der Waals surface area contributed by atoms with Crippen LogP contribution in [0.4, 0.5) is 4.39 Å². The Hall–Kier alpha value is -0.940. The van der Waals surface area contributed by atoms with Gasteiger partial charge in [0.1, 0.15) is 5.82 Å². The van der Waals surface area contributed by atoms with Crippen molar-refractivity contribution in [3.63, 3.8) is 0 Å². The van der Waals surface area contributed by atoms with Crippen LogP contribution >= 0.6 is 15.9 Å². The predicted octanol–water partition coefficient (Wildman–Crippen LogP) is 2.19. The summed E-state index contributed by atoms with van der Waals surface area (Å²) in [7, 11) is 0. The van der Waals surface area contributed by atoms with Gasteiger partial charge in [0.2, 0.25) is 0 Å². The first kappa shape index (κ1) is 12.5. The summed E-state index contributed by atoms with van der Waals surface area (Å²) in [6, 6.07) is 4.07. The van der Waals surface area contributed by atoms with Crippen LogP contribution < -0.4 is 0 Å². The Balaban J connectivity index is 2.16. The maximum Gasteiger partial charge on any atom is 0.255 e. The molecule has 92 valence electrons. The Labute approximate surface area is 107 Å². The molecule has 0 radical (unpaired) electrons. The van der Waals surface area contributed by atoms with E-state index < -0.39 is 5.82 Å². The molecule has 0 saturated carbocycles. The molecular formula is C12H13BrFNO2. The molecule has 1 aliphatic rings. The number of hydrogen-bond donors (Lipinski definition) is 1. The van der Waals surface area contributed by atoms with E-state index in [4.69, 9.17) is 0 Å². The number of nitrogens with zero attached hydrogens (tertiary/aromatic N) is 1. The zero-order chi connectivity index (χ0) is 12.4. The number of aliphatic hydroxyl groups excluding tert-OH is 1. The fourth-order valence-corrected chi connectivity index (χ4v) is 2.32. The fraction of sp³-hybridized carbons (Fsp3) is 0.417. The van der Waals surface area contributed by atoms with Gasteiger partial charge in [0, 0.05) is 17.6 Å². The van der Waals surface area contributed by atoms with Crippen LogP contribution in [0.3, 0.4) is 0 Å². The van der Waals surface area contributed by atoms with E-state index in [2.05, 4.69) is 15.9 Å². The summed E-state index contributed by atoms with van der Waals surface area (Å²) in [5, 5.41) is 9.37. The van der Waals surface area contributed by atoms with Crippen molar-refractivity contribution in [1.82, 2.24) is 4.90 Å². The van der Waals surface area contributed by atoms with Crippen LogP contribution in [0.5, 0.6) is 0 Å². The Kier molecular flexibility index (Phi) is 3.79. The van der Waals surface area contributed by atoms with E-state index in [1.54, 1.807) is 4.90 Å². The predicted molar refractivity (Wildman–Crippen MR) is 65.2 cm³/mol. The summed E-state index contributed by atoms with van der Waals surface area (Å²) in [5.74, 6) is -0.614. The Morgan fingerprint density at radius 3 is 2.71 bits per heavy atom. The van der Waals surface area contributed by atoms with Gasteiger partial charge in [-0.2, -0.15) is 0 Å². The van der Waals surface area contributed by atoms with Gasteiger partial charge in [-0.25, -0.2) is 4.39 Å². The van der Waals surface area contributed by atoms with Crippen molar-refractivity contribution in [2.24, 2.45) is 0 Å². The molecule has 2 rings (SSSR count). The number of amides is 1. The summed E-state index contributed by atoms with van der Waals surface area (Å²) in [6.07, 6.45) is 0.840. The molecule has 1 aromatic rings. The van der Waals surface area contributed by atoms with Crippen molar-refractivity contribution in [1.29, 1.82) is 0 Å². The van der Waals surface area contributed by atoms with Crippen molar-refractivity contribution < 1.29 is 14.3 Å². The highest BCUT2D eigenvalue weighted by Crippen LogP contribution is 2.21. The second kappa shape index (κ2) is 5.14. The lowest BCUT2D eigenvalue weighted by Gasteiger charge is -2.29. The minimum atomic E-state index is -0.423. The number of benzene rings is 1. The molecule has 0 spiro atoms. The fourth-order valence-electron chi connectivity index (χ4n) is 1.90. The SMILES string of the molecule is O=C(c1cc(F)ccc1Br)N1CCC(O)CC1. The lowest BCUT2D eigenvalue weighted by Crippen LogP contribution is -2.40. The van der Waals surface area contributed by atoms with Gasteiger partial charge in [-0.05, 0) is 47.0 Å². The largest absolute Gasteiger partial charge is 0.393 e. The smallest absolute Gasteiger partial charge is 0.255 e. The first-order valence-electron chi connectivity index (χ1n) is 5.50. The maximum atomic E-state index is 13.1. The molecule has 0 aliphatic carbocycles. The summed E-state index contributed by atoms with van der Waals surface area (Å²) in [5.41, 5.74) is 0.335. The molecule has 1 N–H and O–H groups in total. The Morgan fingerprint density at radius 1 is 1.41 bits per heavy atom. The number of piperidine rings is 1. The van der Waals surface area contributed by atoms with E-state index in [-0.39, 0.29) is 12.0 Å². The van der Waals surface area contributed by atoms with Crippen LogP contribution in [-0.4, -0.2) is 35.1 Å². The minimum absolute atomic E-state index is 0.191. The topological polar surface area (TPSA) is 40.5 Å². The molecular weight excluding hydrogens is 289 g/mol. The van der Waals surface area contributed by atoms with Crippen LogP contribution in [0.2, 0.25) is 0 Å². The van der Waals surface area contributed by atoms with Crippen LogP contribution in [0.15, 0.2) is 22.7 Å². The first-order chi connectivity index (χ1) is 8.08. The lowest BCUT2D eigenvalue weighted by atomic mass is 10.1. The molecule has 1 saturated heterocycles. The third-order valence-electron chi connectivity index (χ3n) is 2.91. The third-order valence-corrected chi connectivity index (χ3v) is 3.60. The van der Waals surface area contributed by atoms with E-state index in [1.165, 1.54) is 18.2 Å². The Bertz CT molecular complexity index is 431. The van der Waals surface area contributed by atoms with Crippen molar-refractivity contribution in [2.75, 3.05) is 13.1 Å². The quantitative estimate of drug-likeness (QED) is 0.864. The van der Waals surface area contributed by atoms with Gasteiger partial charge in [0.25, 0.3) is 5.91 Å². The summed E-state index contributed by atoms with van der Waals surface area (Å²) < 4.78 is 13.7. The highest BCUT2D eigenvalue weighted by molar-refractivity contribution is 9.10. The number of carbonyl (C=O) groups excluding carboxylic acids is 1.